The molecular formula is C22H27N3O4. The van der Waals surface area contributed by atoms with Crippen molar-refractivity contribution in [2.24, 2.45) is 24.2 Å². The monoisotopic (exact) mass is 397 g/mol. The Hall–Kier alpha value is -2.41. The standard InChI is InChI=1S/C22H27N3O4/c1-24-19-5-3-2-4-17(19)18-8-9-25-12-14-6-7-16(29-21(26)13-28-23-27)10-15(14)11-20(25)22(18)24/h2-5,14-16,20H,6-13H2,1H3/t14?,15?,16-,20?/m0/s1. The Bertz CT molecular complexity index is 940. The van der Waals surface area contributed by atoms with Crippen molar-refractivity contribution in [3.8, 4) is 0 Å². The zero-order valence-electron chi connectivity index (χ0n) is 16.8. The Morgan fingerprint density at radius 1 is 1.21 bits per heavy atom. The number of piperidine rings is 1. The number of para-hydroxylation sites is 1. The van der Waals surface area contributed by atoms with Gasteiger partial charge in [0.1, 0.15) is 6.10 Å². The molecule has 2 aliphatic heterocycles. The summed E-state index contributed by atoms with van der Waals surface area (Å²) in [6.45, 7) is 1.86. The van der Waals surface area contributed by atoms with Gasteiger partial charge in [0.25, 0.3) is 0 Å². The van der Waals surface area contributed by atoms with Gasteiger partial charge in [-0.2, -0.15) is 0 Å². The molecule has 7 nitrogen and oxygen atoms in total. The number of esters is 1. The first-order valence-electron chi connectivity index (χ1n) is 10.6. The van der Waals surface area contributed by atoms with Crippen LogP contribution in [-0.4, -0.2) is 41.2 Å². The first-order chi connectivity index (χ1) is 14.2. The molecule has 7 heteroatoms. The van der Waals surface area contributed by atoms with Crippen molar-refractivity contribution < 1.29 is 14.4 Å². The maximum absolute atomic E-state index is 11.8. The van der Waals surface area contributed by atoms with Crippen LogP contribution in [0.3, 0.4) is 0 Å². The lowest BCUT2D eigenvalue weighted by atomic mass is 9.70. The highest BCUT2D eigenvalue weighted by Crippen LogP contribution is 2.48. The van der Waals surface area contributed by atoms with Crippen LogP contribution in [-0.2, 0) is 27.8 Å². The van der Waals surface area contributed by atoms with Crippen LogP contribution in [0.1, 0.15) is 43.0 Å². The maximum atomic E-state index is 11.8. The van der Waals surface area contributed by atoms with Crippen LogP contribution in [0.5, 0.6) is 0 Å². The van der Waals surface area contributed by atoms with E-state index in [1.54, 1.807) is 0 Å². The molecule has 154 valence electrons. The minimum absolute atomic E-state index is 0.0823. The van der Waals surface area contributed by atoms with Gasteiger partial charge in [0, 0.05) is 36.7 Å². The van der Waals surface area contributed by atoms with Gasteiger partial charge < -0.3 is 14.1 Å². The van der Waals surface area contributed by atoms with E-state index >= 15 is 0 Å². The van der Waals surface area contributed by atoms with Crippen LogP contribution in [0.2, 0.25) is 0 Å². The number of hydrogen-bond donors (Lipinski definition) is 0. The lowest BCUT2D eigenvalue weighted by Gasteiger charge is -2.49. The zero-order chi connectivity index (χ0) is 20.0. The molecule has 0 spiro atoms. The van der Waals surface area contributed by atoms with Crippen molar-refractivity contribution in [3.63, 3.8) is 0 Å². The predicted molar refractivity (Wildman–Crippen MR) is 108 cm³/mol. The summed E-state index contributed by atoms with van der Waals surface area (Å²) >= 11 is 0. The third-order valence-corrected chi connectivity index (χ3v) is 7.29. The van der Waals surface area contributed by atoms with Crippen LogP contribution >= 0.6 is 0 Å². The number of nitrogens with zero attached hydrogens (tertiary/aromatic N) is 3. The predicted octanol–water partition coefficient (Wildman–Crippen LogP) is 3.51. The second kappa shape index (κ2) is 7.44. The number of hydrogen-bond acceptors (Lipinski definition) is 6. The lowest BCUT2D eigenvalue weighted by Crippen LogP contribution is -2.49. The largest absolute Gasteiger partial charge is 0.460 e. The minimum atomic E-state index is -0.501. The highest BCUT2D eigenvalue weighted by molar-refractivity contribution is 5.86. The Morgan fingerprint density at radius 2 is 2.07 bits per heavy atom. The summed E-state index contributed by atoms with van der Waals surface area (Å²) in [5, 5.41) is 3.66. The molecule has 29 heavy (non-hydrogen) atoms. The van der Waals surface area contributed by atoms with Crippen LogP contribution < -0.4 is 0 Å². The van der Waals surface area contributed by atoms with Gasteiger partial charge in [0.2, 0.25) is 6.61 Å². The molecule has 5 rings (SSSR count). The topological polar surface area (TPSA) is 73.1 Å². The van der Waals surface area contributed by atoms with Crippen LogP contribution in [0, 0.1) is 16.7 Å². The number of rotatable bonds is 4. The van der Waals surface area contributed by atoms with Crippen molar-refractivity contribution in [1.82, 2.24) is 9.47 Å². The summed E-state index contributed by atoms with van der Waals surface area (Å²) in [6, 6.07) is 9.16. The molecule has 0 bridgehead atoms. The normalized spacial score (nSPS) is 28.9. The first kappa shape index (κ1) is 18.6. The molecule has 0 amide bonds. The summed E-state index contributed by atoms with van der Waals surface area (Å²) < 4.78 is 7.93. The average molecular weight is 397 g/mol. The van der Waals surface area contributed by atoms with Crippen molar-refractivity contribution in [2.45, 2.75) is 44.2 Å². The summed E-state index contributed by atoms with van der Waals surface area (Å²) in [4.78, 5) is 28.8. The highest BCUT2D eigenvalue weighted by atomic mass is 16.7. The first-order valence-corrected chi connectivity index (χ1v) is 10.6. The van der Waals surface area contributed by atoms with Gasteiger partial charge >= 0.3 is 5.97 Å². The number of aromatic nitrogens is 1. The van der Waals surface area contributed by atoms with E-state index in [1.165, 1.54) is 22.2 Å². The number of benzene rings is 1. The van der Waals surface area contributed by atoms with Crippen LogP contribution in [0.15, 0.2) is 29.6 Å². The number of fused-ring (bicyclic) bond motifs is 6. The molecule has 0 radical (unpaired) electrons. The smallest absolute Gasteiger partial charge is 0.347 e. The zero-order valence-corrected chi connectivity index (χ0v) is 16.8. The number of ether oxygens (including phenoxy) is 1. The number of carbonyl (C=O) groups is 1. The molecule has 4 atom stereocenters. The fourth-order valence-electron chi connectivity index (χ4n) is 6.05. The second-order valence-electron chi connectivity index (χ2n) is 8.73. The van der Waals surface area contributed by atoms with Gasteiger partial charge in [-0.05, 0) is 55.6 Å². The number of aryl methyl sites for hydroxylation is 1. The molecule has 3 aliphatic rings. The van der Waals surface area contributed by atoms with E-state index < -0.39 is 12.6 Å². The quantitative estimate of drug-likeness (QED) is 0.448. The maximum Gasteiger partial charge on any atom is 0.347 e. The average Bonchev–Trinajstić information content (AvgIpc) is 3.03. The minimum Gasteiger partial charge on any atom is -0.460 e. The van der Waals surface area contributed by atoms with Gasteiger partial charge in [-0.25, -0.2) is 4.79 Å². The SMILES string of the molecule is Cn1c2c(c3ccccc31)CCN1CC3CC[C@H](OC(=O)CON=O)CC3CC21. The van der Waals surface area contributed by atoms with E-state index in [4.69, 9.17) is 4.74 Å². The van der Waals surface area contributed by atoms with E-state index in [0.29, 0.717) is 17.9 Å². The molecule has 1 saturated carbocycles. The summed E-state index contributed by atoms with van der Waals surface area (Å²) in [5.41, 5.74) is 4.31. The molecule has 0 N–H and O–H groups in total. The van der Waals surface area contributed by atoms with Gasteiger partial charge in [-0.15, -0.1) is 4.91 Å². The van der Waals surface area contributed by atoms with Gasteiger partial charge in [-0.3, -0.25) is 4.90 Å². The second-order valence-corrected chi connectivity index (χ2v) is 8.73. The van der Waals surface area contributed by atoms with Gasteiger partial charge in [0.05, 0.1) is 6.04 Å². The molecule has 2 fully saturated rings. The number of carbonyl (C=O) groups excluding carboxylic acids is 1. The van der Waals surface area contributed by atoms with E-state index in [2.05, 4.69) is 51.0 Å². The lowest BCUT2D eigenvalue weighted by molar-refractivity contribution is -0.158. The Balaban J connectivity index is 1.35. The molecule has 1 aromatic heterocycles. The third-order valence-electron chi connectivity index (χ3n) is 7.29. The van der Waals surface area contributed by atoms with Crippen molar-refractivity contribution in [1.29, 1.82) is 0 Å². The molecule has 1 aliphatic carbocycles. The Kier molecular flexibility index (Phi) is 4.78. The highest BCUT2D eigenvalue weighted by Gasteiger charge is 2.43. The van der Waals surface area contributed by atoms with Crippen molar-refractivity contribution >= 4 is 16.9 Å². The molecule has 3 unspecified atom stereocenters. The van der Waals surface area contributed by atoms with E-state index in [-0.39, 0.29) is 6.10 Å². The van der Waals surface area contributed by atoms with E-state index in [0.717, 1.165) is 45.2 Å². The molecule has 1 saturated heterocycles. The van der Waals surface area contributed by atoms with Gasteiger partial charge in [0.15, 0.2) is 5.34 Å². The summed E-state index contributed by atoms with van der Waals surface area (Å²) in [5.74, 6) is 0.723. The van der Waals surface area contributed by atoms with E-state index in [9.17, 15) is 9.70 Å². The van der Waals surface area contributed by atoms with Crippen LogP contribution in [0.25, 0.3) is 10.9 Å². The summed E-state index contributed by atoms with van der Waals surface area (Å²) in [7, 11) is 2.20. The van der Waals surface area contributed by atoms with E-state index in [1.807, 2.05) is 0 Å². The molecular weight excluding hydrogens is 370 g/mol. The van der Waals surface area contributed by atoms with Crippen molar-refractivity contribution in [2.75, 3.05) is 19.7 Å². The van der Waals surface area contributed by atoms with Gasteiger partial charge in [-0.1, -0.05) is 18.2 Å². The fraction of sp³-hybridized carbons (Fsp3) is 0.591. The Labute approximate surface area is 169 Å². The Morgan fingerprint density at radius 3 is 2.93 bits per heavy atom. The molecule has 3 heterocycles. The van der Waals surface area contributed by atoms with Crippen LogP contribution in [0.4, 0.5) is 0 Å². The molecule has 1 aromatic carbocycles. The summed E-state index contributed by atoms with van der Waals surface area (Å²) in [6.07, 6.45) is 5.02. The molecule has 2 aromatic rings. The third kappa shape index (κ3) is 3.21. The fourth-order valence-corrected chi connectivity index (χ4v) is 6.05. The van der Waals surface area contributed by atoms with Crippen molar-refractivity contribution in [3.05, 3.63) is 40.4 Å².